The van der Waals surface area contributed by atoms with Crippen LogP contribution in [0.5, 0.6) is 11.5 Å². The summed E-state index contributed by atoms with van der Waals surface area (Å²) in [6.07, 6.45) is 0. The predicted octanol–water partition coefficient (Wildman–Crippen LogP) is 3.89. The molecule has 0 aliphatic heterocycles. The quantitative estimate of drug-likeness (QED) is 0.544. The molecule has 7 nitrogen and oxygen atoms in total. The summed E-state index contributed by atoms with van der Waals surface area (Å²) < 4.78 is 10.6. The van der Waals surface area contributed by atoms with Crippen LogP contribution in [0.2, 0.25) is 0 Å². The standard InChI is InChI=1S/C20H24N2O5/c1-6-27-19-10-16(17(22(24)25)11-18(19)26-5)20(23)21(4)12-15-8-7-13(2)9-14(15)3/h7-11H,6,12H2,1-5H3. The number of carbonyl (C=O) groups excluding carboxylic acids is 1. The Hall–Kier alpha value is -3.09. The monoisotopic (exact) mass is 372 g/mol. The van der Waals surface area contributed by atoms with Crippen LogP contribution in [-0.2, 0) is 6.54 Å². The number of nitrogens with zero attached hydrogens (tertiary/aromatic N) is 2. The lowest BCUT2D eigenvalue weighted by Gasteiger charge is -2.20. The summed E-state index contributed by atoms with van der Waals surface area (Å²) in [6.45, 7) is 6.46. The third-order valence-corrected chi connectivity index (χ3v) is 4.26. The van der Waals surface area contributed by atoms with Gasteiger partial charge in [-0.1, -0.05) is 23.8 Å². The lowest BCUT2D eigenvalue weighted by molar-refractivity contribution is -0.385. The van der Waals surface area contributed by atoms with Crippen molar-refractivity contribution in [2.75, 3.05) is 20.8 Å². The second kappa shape index (κ2) is 8.53. The number of methoxy groups -OCH3 is 1. The van der Waals surface area contributed by atoms with E-state index < -0.39 is 10.8 Å². The maximum absolute atomic E-state index is 12.9. The lowest BCUT2D eigenvalue weighted by atomic mass is 10.0. The van der Waals surface area contributed by atoms with E-state index in [1.807, 2.05) is 32.0 Å². The van der Waals surface area contributed by atoms with Gasteiger partial charge in [-0.25, -0.2) is 0 Å². The first-order valence-corrected chi connectivity index (χ1v) is 8.59. The summed E-state index contributed by atoms with van der Waals surface area (Å²) in [7, 11) is 3.02. The average Bonchev–Trinajstić information content (AvgIpc) is 2.63. The van der Waals surface area contributed by atoms with Crippen LogP contribution < -0.4 is 9.47 Å². The molecule has 0 spiro atoms. The highest BCUT2D eigenvalue weighted by Crippen LogP contribution is 2.35. The predicted molar refractivity (Wildman–Crippen MR) is 103 cm³/mol. The highest BCUT2D eigenvalue weighted by Gasteiger charge is 2.27. The van der Waals surface area contributed by atoms with Gasteiger partial charge in [0.1, 0.15) is 5.56 Å². The van der Waals surface area contributed by atoms with Crippen molar-refractivity contribution in [1.29, 1.82) is 0 Å². The number of benzene rings is 2. The summed E-state index contributed by atoms with van der Waals surface area (Å²) in [5, 5.41) is 11.5. The molecule has 0 atom stereocenters. The number of ether oxygens (including phenoxy) is 2. The van der Waals surface area contributed by atoms with Gasteiger partial charge in [0.2, 0.25) is 0 Å². The molecule has 144 valence electrons. The molecule has 0 N–H and O–H groups in total. The van der Waals surface area contributed by atoms with E-state index in [0.717, 1.165) is 16.7 Å². The smallest absolute Gasteiger partial charge is 0.286 e. The van der Waals surface area contributed by atoms with Gasteiger partial charge in [-0.05, 0) is 31.9 Å². The Bertz CT molecular complexity index is 864. The number of rotatable bonds is 7. The van der Waals surface area contributed by atoms with Crippen LogP contribution in [0.1, 0.15) is 34.0 Å². The summed E-state index contributed by atoms with van der Waals surface area (Å²) in [5.41, 5.74) is 2.84. The van der Waals surface area contributed by atoms with Gasteiger partial charge in [0.25, 0.3) is 11.6 Å². The molecule has 0 saturated heterocycles. The van der Waals surface area contributed by atoms with Gasteiger partial charge < -0.3 is 14.4 Å². The SMILES string of the molecule is CCOc1cc(C(=O)N(C)Cc2ccc(C)cc2C)c([N+](=O)[O-])cc1OC. The molecular weight excluding hydrogens is 348 g/mol. The van der Waals surface area contributed by atoms with Crippen LogP contribution in [0.4, 0.5) is 5.69 Å². The van der Waals surface area contributed by atoms with Gasteiger partial charge in [-0.2, -0.15) is 0 Å². The molecule has 0 heterocycles. The zero-order valence-electron chi connectivity index (χ0n) is 16.2. The maximum atomic E-state index is 12.9. The molecule has 7 heteroatoms. The van der Waals surface area contributed by atoms with Crippen molar-refractivity contribution in [1.82, 2.24) is 4.90 Å². The fourth-order valence-corrected chi connectivity index (χ4v) is 2.86. The van der Waals surface area contributed by atoms with Gasteiger partial charge in [0.15, 0.2) is 11.5 Å². The zero-order valence-corrected chi connectivity index (χ0v) is 16.2. The fraction of sp³-hybridized carbons (Fsp3) is 0.350. The van der Waals surface area contributed by atoms with E-state index in [-0.39, 0.29) is 17.0 Å². The first kappa shape index (κ1) is 20.2. The minimum Gasteiger partial charge on any atom is -0.493 e. The van der Waals surface area contributed by atoms with Crippen molar-refractivity contribution in [3.05, 3.63) is 62.7 Å². The number of aryl methyl sites for hydroxylation is 2. The van der Waals surface area contributed by atoms with Crippen molar-refractivity contribution in [3.63, 3.8) is 0 Å². The van der Waals surface area contributed by atoms with E-state index in [4.69, 9.17) is 9.47 Å². The Morgan fingerprint density at radius 1 is 1.19 bits per heavy atom. The highest BCUT2D eigenvalue weighted by molar-refractivity contribution is 5.99. The maximum Gasteiger partial charge on any atom is 0.286 e. The largest absolute Gasteiger partial charge is 0.493 e. The topological polar surface area (TPSA) is 81.9 Å². The van der Waals surface area contributed by atoms with Gasteiger partial charge >= 0.3 is 0 Å². The normalized spacial score (nSPS) is 10.4. The van der Waals surface area contributed by atoms with Crippen LogP contribution >= 0.6 is 0 Å². The summed E-state index contributed by atoms with van der Waals surface area (Å²) in [4.78, 5) is 25.3. The second-order valence-corrected chi connectivity index (χ2v) is 6.30. The molecule has 0 aliphatic carbocycles. The molecule has 0 unspecified atom stereocenters. The number of carbonyl (C=O) groups is 1. The molecule has 0 saturated carbocycles. The number of nitro benzene ring substituents is 1. The summed E-state index contributed by atoms with van der Waals surface area (Å²) in [5.74, 6) is 0.0660. The molecule has 0 fully saturated rings. The van der Waals surface area contributed by atoms with Gasteiger partial charge in [-0.15, -0.1) is 0 Å². The van der Waals surface area contributed by atoms with Crippen LogP contribution in [0.25, 0.3) is 0 Å². The molecule has 27 heavy (non-hydrogen) atoms. The van der Waals surface area contributed by atoms with E-state index >= 15 is 0 Å². The third-order valence-electron chi connectivity index (χ3n) is 4.26. The fourth-order valence-electron chi connectivity index (χ4n) is 2.86. The van der Waals surface area contributed by atoms with Gasteiger partial charge in [0, 0.05) is 19.7 Å². The van der Waals surface area contributed by atoms with Crippen molar-refractivity contribution in [3.8, 4) is 11.5 Å². The first-order chi connectivity index (χ1) is 12.8. The molecular formula is C20H24N2O5. The Morgan fingerprint density at radius 3 is 2.44 bits per heavy atom. The second-order valence-electron chi connectivity index (χ2n) is 6.30. The molecule has 2 rings (SSSR count). The Morgan fingerprint density at radius 2 is 1.89 bits per heavy atom. The van der Waals surface area contributed by atoms with Crippen LogP contribution in [0.15, 0.2) is 30.3 Å². The van der Waals surface area contributed by atoms with E-state index in [2.05, 4.69) is 0 Å². The highest BCUT2D eigenvalue weighted by atomic mass is 16.6. The minimum absolute atomic E-state index is 0.0310. The minimum atomic E-state index is -0.587. The van der Waals surface area contributed by atoms with Crippen LogP contribution in [0, 0.1) is 24.0 Å². The van der Waals surface area contributed by atoms with Crippen molar-refractivity contribution < 1.29 is 19.2 Å². The lowest BCUT2D eigenvalue weighted by Crippen LogP contribution is -2.27. The summed E-state index contributed by atoms with van der Waals surface area (Å²) >= 11 is 0. The molecule has 0 bridgehead atoms. The van der Waals surface area contributed by atoms with Gasteiger partial charge in [0.05, 0.1) is 24.7 Å². The Labute approximate surface area is 158 Å². The van der Waals surface area contributed by atoms with Crippen LogP contribution in [0.3, 0.4) is 0 Å². The zero-order chi connectivity index (χ0) is 20.1. The Balaban J connectivity index is 2.40. The van der Waals surface area contributed by atoms with Crippen molar-refractivity contribution in [2.24, 2.45) is 0 Å². The molecule has 0 aliphatic rings. The Kier molecular flexibility index (Phi) is 6.39. The average molecular weight is 372 g/mol. The molecule has 2 aromatic carbocycles. The number of nitro groups is 1. The van der Waals surface area contributed by atoms with Gasteiger partial charge in [-0.3, -0.25) is 14.9 Å². The number of hydrogen-bond donors (Lipinski definition) is 0. The molecule has 0 aromatic heterocycles. The molecule has 2 aromatic rings. The molecule has 0 radical (unpaired) electrons. The van der Waals surface area contributed by atoms with E-state index in [1.165, 1.54) is 24.1 Å². The molecule has 1 amide bonds. The number of hydrogen-bond acceptors (Lipinski definition) is 5. The van der Waals surface area contributed by atoms with E-state index in [9.17, 15) is 14.9 Å². The summed E-state index contributed by atoms with van der Waals surface area (Å²) in [6, 6.07) is 8.58. The van der Waals surface area contributed by atoms with Crippen LogP contribution in [-0.4, -0.2) is 36.5 Å². The number of amides is 1. The van der Waals surface area contributed by atoms with E-state index in [0.29, 0.717) is 18.9 Å². The van der Waals surface area contributed by atoms with Crippen molar-refractivity contribution in [2.45, 2.75) is 27.3 Å². The van der Waals surface area contributed by atoms with E-state index in [1.54, 1.807) is 14.0 Å². The third kappa shape index (κ3) is 4.55. The van der Waals surface area contributed by atoms with Crippen molar-refractivity contribution >= 4 is 11.6 Å². The first-order valence-electron chi connectivity index (χ1n) is 8.59.